The lowest BCUT2D eigenvalue weighted by molar-refractivity contribution is -0.116. The summed E-state index contributed by atoms with van der Waals surface area (Å²) < 4.78 is 1.69. The zero-order valence-corrected chi connectivity index (χ0v) is 13.5. The van der Waals surface area contributed by atoms with Gasteiger partial charge < -0.3 is 15.3 Å². The number of hydrogen-bond acceptors (Lipinski definition) is 4. The first-order valence-corrected chi connectivity index (χ1v) is 7.80. The summed E-state index contributed by atoms with van der Waals surface area (Å²) in [6.07, 6.45) is 1.76. The summed E-state index contributed by atoms with van der Waals surface area (Å²) in [5.74, 6) is -0.125. The van der Waals surface area contributed by atoms with Gasteiger partial charge in [-0.3, -0.25) is 9.48 Å². The monoisotopic (exact) mass is 324 g/mol. The van der Waals surface area contributed by atoms with Crippen molar-refractivity contribution in [3.05, 3.63) is 54.7 Å². The van der Waals surface area contributed by atoms with Crippen molar-refractivity contribution in [2.75, 3.05) is 30.4 Å². The number of amides is 1. The molecule has 0 saturated carbocycles. The normalized spacial score (nSPS) is 10.8. The molecule has 2 aromatic carbocycles. The number of carbonyl (C=O) groups excluding carboxylic acids is 1. The second-order valence-electron chi connectivity index (χ2n) is 5.60. The number of carbonyl (C=O) groups is 1. The van der Waals surface area contributed by atoms with Gasteiger partial charge in [-0.05, 0) is 30.3 Å². The number of benzene rings is 2. The summed E-state index contributed by atoms with van der Waals surface area (Å²) in [5.41, 5.74) is 2.66. The molecule has 0 fully saturated rings. The first kappa shape index (κ1) is 16.0. The Labute approximate surface area is 140 Å². The standard InChI is InChI=1S/C18H20N4O2/c1-21(10-11-23)16-8-6-15(7-9-16)20-18(24)13-22-17-5-3-2-4-14(17)12-19-22/h2-9,12,23H,10-11,13H2,1H3,(H,20,24). The zero-order valence-electron chi connectivity index (χ0n) is 13.5. The van der Waals surface area contributed by atoms with Crippen LogP contribution in [0.2, 0.25) is 0 Å². The van der Waals surface area contributed by atoms with Gasteiger partial charge in [0.05, 0.1) is 18.3 Å². The summed E-state index contributed by atoms with van der Waals surface area (Å²) in [5, 5.41) is 17.1. The van der Waals surface area contributed by atoms with Gasteiger partial charge in [-0.25, -0.2) is 0 Å². The van der Waals surface area contributed by atoms with E-state index in [0.29, 0.717) is 6.54 Å². The van der Waals surface area contributed by atoms with Crippen molar-refractivity contribution in [3.63, 3.8) is 0 Å². The van der Waals surface area contributed by atoms with Gasteiger partial charge in [0.15, 0.2) is 0 Å². The van der Waals surface area contributed by atoms with Crippen molar-refractivity contribution in [1.82, 2.24) is 9.78 Å². The van der Waals surface area contributed by atoms with Crippen LogP contribution in [0, 0.1) is 0 Å². The van der Waals surface area contributed by atoms with E-state index in [9.17, 15) is 4.79 Å². The highest BCUT2D eigenvalue weighted by atomic mass is 16.3. The number of para-hydroxylation sites is 1. The minimum Gasteiger partial charge on any atom is -0.395 e. The minimum atomic E-state index is -0.125. The van der Waals surface area contributed by atoms with Crippen LogP contribution in [0.5, 0.6) is 0 Å². The third kappa shape index (κ3) is 3.55. The highest BCUT2D eigenvalue weighted by Gasteiger charge is 2.08. The van der Waals surface area contributed by atoms with E-state index >= 15 is 0 Å². The molecule has 3 aromatic rings. The molecule has 0 spiro atoms. The van der Waals surface area contributed by atoms with E-state index in [4.69, 9.17) is 5.11 Å². The molecule has 1 heterocycles. The molecule has 24 heavy (non-hydrogen) atoms. The van der Waals surface area contributed by atoms with E-state index < -0.39 is 0 Å². The van der Waals surface area contributed by atoms with Gasteiger partial charge in [0.25, 0.3) is 0 Å². The van der Waals surface area contributed by atoms with Crippen molar-refractivity contribution in [2.24, 2.45) is 0 Å². The van der Waals surface area contributed by atoms with Crippen LogP contribution in [0.3, 0.4) is 0 Å². The van der Waals surface area contributed by atoms with Crippen LogP contribution in [0.25, 0.3) is 10.9 Å². The maximum Gasteiger partial charge on any atom is 0.246 e. The van der Waals surface area contributed by atoms with Crippen molar-refractivity contribution in [1.29, 1.82) is 0 Å². The largest absolute Gasteiger partial charge is 0.395 e. The van der Waals surface area contributed by atoms with Crippen LogP contribution in [-0.2, 0) is 11.3 Å². The van der Waals surface area contributed by atoms with Crippen LogP contribution in [0.15, 0.2) is 54.7 Å². The van der Waals surface area contributed by atoms with Gasteiger partial charge in [0.1, 0.15) is 6.54 Å². The Morgan fingerprint density at radius 1 is 1.21 bits per heavy atom. The van der Waals surface area contributed by atoms with Gasteiger partial charge in [-0.1, -0.05) is 18.2 Å². The topological polar surface area (TPSA) is 70.4 Å². The molecule has 0 aliphatic rings. The number of aliphatic hydroxyl groups is 1. The summed E-state index contributed by atoms with van der Waals surface area (Å²) in [6, 6.07) is 15.3. The SMILES string of the molecule is CN(CCO)c1ccc(NC(=O)Cn2ncc3ccccc32)cc1. The molecule has 0 aliphatic heterocycles. The fourth-order valence-corrected chi connectivity index (χ4v) is 2.57. The summed E-state index contributed by atoms with van der Waals surface area (Å²) in [6.45, 7) is 0.838. The number of hydrogen-bond donors (Lipinski definition) is 2. The zero-order chi connectivity index (χ0) is 16.9. The van der Waals surface area contributed by atoms with E-state index in [0.717, 1.165) is 22.3 Å². The van der Waals surface area contributed by atoms with Crippen molar-refractivity contribution < 1.29 is 9.90 Å². The number of nitrogens with zero attached hydrogens (tertiary/aromatic N) is 3. The molecule has 0 saturated heterocycles. The number of anilines is 2. The third-order valence-corrected chi connectivity index (χ3v) is 3.87. The molecule has 6 nitrogen and oxygen atoms in total. The highest BCUT2D eigenvalue weighted by molar-refractivity contribution is 5.91. The molecule has 0 radical (unpaired) electrons. The molecule has 0 atom stereocenters. The number of fused-ring (bicyclic) bond motifs is 1. The molecule has 2 N–H and O–H groups in total. The van der Waals surface area contributed by atoms with Gasteiger partial charge >= 0.3 is 0 Å². The highest BCUT2D eigenvalue weighted by Crippen LogP contribution is 2.17. The number of rotatable bonds is 6. The summed E-state index contributed by atoms with van der Waals surface area (Å²) in [7, 11) is 1.91. The second-order valence-corrected chi connectivity index (χ2v) is 5.60. The molecule has 3 rings (SSSR count). The average Bonchev–Trinajstić information content (AvgIpc) is 2.99. The van der Waals surface area contributed by atoms with E-state index in [1.54, 1.807) is 10.9 Å². The molecule has 1 amide bonds. The van der Waals surface area contributed by atoms with Gasteiger partial charge in [-0.15, -0.1) is 0 Å². The first-order chi connectivity index (χ1) is 11.7. The smallest absolute Gasteiger partial charge is 0.246 e. The Morgan fingerprint density at radius 2 is 1.96 bits per heavy atom. The van der Waals surface area contributed by atoms with Gasteiger partial charge in [-0.2, -0.15) is 5.10 Å². The predicted molar refractivity (Wildman–Crippen MR) is 95.2 cm³/mol. The Hall–Kier alpha value is -2.86. The molecule has 1 aromatic heterocycles. The van der Waals surface area contributed by atoms with E-state index in [2.05, 4.69) is 10.4 Å². The number of aliphatic hydroxyl groups excluding tert-OH is 1. The van der Waals surface area contributed by atoms with Crippen LogP contribution in [-0.4, -0.2) is 41.0 Å². The molecule has 0 unspecified atom stereocenters. The lowest BCUT2D eigenvalue weighted by atomic mass is 10.2. The van der Waals surface area contributed by atoms with Gasteiger partial charge in [0.2, 0.25) is 5.91 Å². The maximum absolute atomic E-state index is 12.2. The Kier molecular flexibility index (Phi) is 4.77. The molecule has 124 valence electrons. The lowest BCUT2D eigenvalue weighted by Gasteiger charge is -2.18. The maximum atomic E-state index is 12.2. The van der Waals surface area contributed by atoms with E-state index in [1.807, 2.05) is 60.5 Å². The van der Waals surface area contributed by atoms with Crippen molar-refractivity contribution >= 4 is 28.2 Å². The summed E-state index contributed by atoms with van der Waals surface area (Å²) >= 11 is 0. The summed E-state index contributed by atoms with van der Waals surface area (Å²) in [4.78, 5) is 14.2. The van der Waals surface area contributed by atoms with E-state index in [-0.39, 0.29) is 19.1 Å². The van der Waals surface area contributed by atoms with Crippen molar-refractivity contribution in [2.45, 2.75) is 6.54 Å². The number of aromatic nitrogens is 2. The molecular formula is C18H20N4O2. The Morgan fingerprint density at radius 3 is 2.71 bits per heavy atom. The molecule has 0 aliphatic carbocycles. The number of nitrogens with one attached hydrogen (secondary N) is 1. The molecule has 0 bridgehead atoms. The molecular weight excluding hydrogens is 304 g/mol. The predicted octanol–water partition coefficient (Wildman–Crippen LogP) is 2.10. The quantitative estimate of drug-likeness (QED) is 0.728. The lowest BCUT2D eigenvalue weighted by Crippen LogP contribution is -2.21. The fourth-order valence-electron chi connectivity index (χ4n) is 2.57. The molecule has 6 heteroatoms. The van der Waals surface area contributed by atoms with Crippen LogP contribution < -0.4 is 10.2 Å². The van der Waals surface area contributed by atoms with Crippen LogP contribution >= 0.6 is 0 Å². The second kappa shape index (κ2) is 7.14. The van der Waals surface area contributed by atoms with E-state index in [1.165, 1.54) is 0 Å². The van der Waals surface area contributed by atoms with Crippen molar-refractivity contribution in [3.8, 4) is 0 Å². The fraction of sp³-hybridized carbons (Fsp3) is 0.222. The number of likely N-dealkylation sites (N-methyl/N-ethyl adjacent to an activating group) is 1. The first-order valence-electron chi connectivity index (χ1n) is 7.80. The van der Waals surface area contributed by atoms with Crippen LogP contribution in [0.4, 0.5) is 11.4 Å². The van der Waals surface area contributed by atoms with Crippen LogP contribution in [0.1, 0.15) is 0 Å². The average molecular weight is 324 g/mol. The van der Waals surface area contributed by atoms with Gasteiger partial charge in [0, 0.05) is 30.4 Å². The Balaban J connectivity index is 1.64. The minimum absolute atomic E-state index is 0.104. The third-order valence-electron chi connectivity index (χ3n) is 3.87. The Bertz CT molecular complexity index is 826.